The van der Waals surface area contributed by atoms with Crippen LogP contribution in [0.4, 0.5) is 0 Å². The molecule has 2 rings (SSSR count). The third kappa shape index (κ3) is 3.82. The molecule has 0 radical (unpaired) electrons. The van der Waals surface area contributed by atoms with Gasteiger partial charge in [0, 0.05) is 18.9 Å². The van der Waals surface area contributed by atoms with Crippen molar-refractivity contribution in [3.63, 3.8) is 0 Å². The first-order valence-electron chi connectivity index (χ1n) is 6.48. The van der Waals surface area contributed by atoms with Gasteiger partial charge in [0.05, 0.1) is 13.5 Å². The average Bonchev–Trinajstić information content (AvgIpc) is 2.46. The van der Waals surface area contributed by atoms with Crippen molar-refractivity contribution in [3.05, 3.63) is 59.4 Å². The summed E-state index contributed by atoms with van der Waals surface area (Å²) in [5.41, 5.74) is 3.06. The zero-order valence-electron chi connectivity index (χ0n) is 11.7. The Hall–Kier alpha value is -2.36. The molecule has 0 aliphatic carbocycles. The topological polar surface area (TPSA) is 51.2 Å². The molecule has 0 aliphatic heterocycles. The lowest BCUT2D eigenvalue weighted by atomic mass is 10.1. The fraction of sp³-hybridized carbons (Fsp3) is 0.250. The minimum Gasteiger partial charge on any atom is -0.496 e. The van der Waals surface area contributed by atoms with Crippen LogP contribution >= 0.6 is 0 Å². The molecule has 1 amide bonds. The number of carbonyl (C=O) groups is 1. The molecule has 0 aliphatic rings. The summed E-state index contributed by atoms with van der Waals surface area (Å²) < 4.78 is 5.20. The summed E-state index contributed by atoms with van der Waals surface area (Å²) in [4.78, 5) is 15.8. The predicted molar refractivity (Wildman–Crippen MR) is 77.5 cm³/mol. The second kappa shape index (κ2) is 6.70. The second-order valence-corrected chi connectivity index (χ2v) is 4.61. The number of ether oxygens (including phenoxy) is 1. The minimum absolute atomic E-state index is 0.00591. The molecule has 0 spiro atoms. The first-order chi connectivity index (χ1) is 9.69. The van der Waals surface area contributed by atoms with Crippen molar-refractivity contribution in [3.8, 4) is 5.75 Å². The van der Waals surface area contributed by atoms with E-state index in [2.05, 4.69) is 10.3 Å². The van der Waals surface area contributed by atoms with Crippen molar-refractivity contribution in [2.24, 2.45) is 0 Å². The highest BCUT2D eigenvalue weighted by molar-refractivity contribution is 5.78. The van der Waals surface area contributed by atoms with Gasteiger partial charge >= 0.3 is 0 Å². The van der Waals surface area contributed by atoms with Gasteiger partial charge in [0.2, 0.25) is 5.91 Å². The van der Waals surface area contributed by atoms with Gasteiger partial charge in [-0.2, -0.15) is 0 Å². The maximum Gasteiger partial charge on any atom is 0.224 e. The van der Waals surface area contributed by atoms with Crippen molar-refractivity contribution >= 4 is 5.91 Å². The Balaban J connectivity index is 1.90. The van der Waals surface area contributed by atoms with Gasteiger partial charge in [-0.1, -0.05) is 12.1 Å². The van der Waals surface area contributed by atoms with Gasteiger partial charge in [0.25, 0.3) is 0 Å². The molecule has 4 nitrogen and oxygen atoms in total. The number of methoxy groups -OCH3 is 1. The first-order valence-corrected chi connectivity index (χ1v) is 6.48. The van der Waals surface area contributed by atoms with Gasteiger partial charge < -0.3 is 10.1 Å². The van der Waals surface area contributed by atoms with E-state index in [0.29, 0.717) is 13.0 Å². The summed E-state index contributed by atoms with van der Waals surface area (Å²) in [5.74, 6) is 0.845. The largest absolute Gasteiger partial charge is 0.496 e. The van der Waals surface area contributed by atoms with Crippen LogP contribution in [-0.4, -0.2) is 18.0 Å². The van der Waals surface area contributed by atoms with Crippen LogP contribution in [0.1, 0.15) is 16.7 Å². The normalized spacial score (nSPS) is 10.1. The Morgan fingerprint density at radius 2 is 1.95 bits per heavy atom. The number of amides is 1. The fourth-order valence-electron chi connectivity index (χ4n) is 2.00. The Morgan fingerprint density at radius 3 is 2.60 bits per heavy atom. The van der Waals surface area contributed by atoms with Crippen LogP contribution in [0, 0.1) is 6.92 Å². The van der Waals surface area contributed by atoms with Gasteiger partial charge in [-0.15, -0.1) is 0 Å². The van der Waals surface area contributed by atoms with Gasteiger partial charge in [-0.05, 0) is 41.8 Å². The Bertz CT molecular complexity index is 582. The molecule has 0 fully saturated rings. The van der Waals surface area contributed by atoms with Crippen LogP contribution < -0.4 is 10.1 Å². The summed E-state index contributed by atoms with van der Waals surface area (Å²) in [7, 11) is 1.64. The molecule has 0 bridgehead atoms. The summed E-state index contributed by atoms with van der Waals surface area (Å²) in [6.07, 6.45) is 3.80. The van der Waals surface area contributed by atoms with Gasteiger partial charge in [0.15, 0.2) is 0 Å². The molecule has 0 atom stereocenters. The molecular formula is C16H18N2O2. The molecule has 20 heavy (non-hydrogen) atoms. The highest BCUT2D eigenvalue weighted by Crippen LogP contribution is 2.18. The molecule has 1 N–H and O–H groups in total. The molecule has 104 valence electrons. The number of nitrogens with one attached hydrogen (secondary N) is 1. The molecular weight excluding hydrogens is 252 g/mol. The highest BCUT2D eigenvalue weighted by atomic mass is 16.5. The second-order valence-electron chi connectivity index (χ2n) is 4.61. The molecule has 1 heterocycles. The van der Waals surface area contributed by atoms with Crippen LogP contribution in [-0.2, 0) is 17.8 Å². The number of rotatable bonds is 5. The number of hydrogen-bond donors (Lipinski definition) is 1. The molecule has 1 aromatic carbocycles. The zero-order valence-corrected chi connectivity index (χ0v) is 11.7. The standard InChI is InChI=1S/C16H18N2O2/c1-12-9-14(3-4-15(12)20-2)10-16(19)18-11-13-5-7-17-8-6-13/h3-9H,10-11H2,1-2H3,(H,18,19). The van der Waals surface area contributed by atoms with Gasteiger partial charge in [-0.25, -0.2) is 0 Å². The number of nitrogens with zero attached hydrogens (tertiary/aromatic N) is 1. The van der Waals surface area contributed by atoms with Crippen LogP contribution in [0.15, 0.2) is 42.7 Å². The monoisotopic (exact) mass is 270 g/mol. The van der Waals surface area contributed by atoms with Crippen molar-refractivity contribution in [1.82, 2.24) is 10.3 Å². The predicted octanol–water partition coefficient (Wildman–Crippen LogP) is 2.26. The van der Waals surface area contributed by atoms with Crippen LogP contribution in [0.25, 0.3) is 0 Å². The lowest BCUT2D eigenvalue weighted by molar-refractivity contribution is -0.120. The number of aromatic nitrogens is 1. The number of pyridine rings is 1. The smallest absolute Gasteiger partial charge is 0.224 e. The zero-order chi connectivity index (χ0) is 14.4. The van der Waals surface area contributed by atoms with E-state index < -0.39 is 0 Å². The third-order valence-corrected chi connectivity index (χ3v) is 3.06. The summed E-state index contributed by atoms with van der Waals surface area (Å²) in [6, 6.07) is 9.55. The molecule has 2 aromatic rings. The molecule has 1 aromatic heterocycles. The van der Waals surface area contributed by atoms with Crippen molar-refractivity contribution in [1.29, 1.82) is 0 Å². The van der Waals surface area contributed by atoms with E-state index in [0.717, 1.165) is 22.4 Å². The van der Waals surface area contributed by atoms with Crippen molar-refractivity contribution in [2.75, 3.05) is 7.11 Å². The number of aryl methyl sites for hydroxylation is 1. The van der Waals surface area contributed by atoms with E-state index in [9.17, 15) is 4.79 Å². The van der Waals surface area contributed by atoms with Crippen LogP contribution in [0.2, 0.25) is 0 Å². The van der Waals surface area contributed by atoms with E-state index in [4.69, 9.17) is 4.74 Å². The SMILES string of the molecule is COc1ccc(CC(=O)NCc2ccncc2)cc1C. The summed E-state index contributed by atoms with van der Waals surface area (Å²) in [6.45, 7) is 2.49. The van der Waals surface area contributed by atoms with Gasteiger partial charge in [-0.3, -0.25) is 9.78 Å². The Morgan fingerprint density at radius 1 is 1.20 bits per heavy atom. The maximum atomic E-state index is 11.9. The first kappa shape index (κ1) is 14.1. The molecule has 0 unspecified atom stereocenters. The van der Waals surface area contributed by atoms with E-state index in [1.165, 1.54) is 0 Å². The van der Waals surface area contributed by atoms with E-state index in [-0.39, 0.29) is 5.91 Å². The average molecular weight is 270 g/mol. The number of carbonyl (C=O) groups excluding carboxylic acids is 1. The maximum absolute atomic E-state index is 11.9. The van der Waals surface area contributed by atoms with Gasteiger partial charge in [0.1, 0.15) is 5.75 Å². The Kier molecular flexibility index (Phi) is 4.71. The lowest BCUT2D eigenvalue weighted by Gasteiger charge is -2.08. The van der Waals surface area contributed by atoms with Crippen molar-refractivity contribution < 1.29 is 9.53 Å². The summed E-state index contributed by atoms with van der Waals surface area (Å²) >= 11 is 0. The highest BCUT2D eigenvalue weighted by Gasteiger charge is 2.05. The number of hydrogen-bond acceptors (Lipinski definition) is 3. The minimum atomic E-state index is 0.00591. The van der Waals surface area contributed by atoms with E-state index in [1.807, 2.05) is 37.3 Å². The van der Waals surface area contributed by atoms with E-state index in [1.54, 1.807) is 19.5 Å². The van der Waals surface area contributed by atoms with Crippen LogP contribution in [0.3, 0.4) is 0 Å². The molecule has 0 saturated carbocycles. The fourth-order valence-corrected chi connectivity index (χ4v) is 2.00. The van der Waals surface area contributed by atoms with Crippen molar-refractivity contribution in [2.45, 2.75) is 19.9 Å². The van der Waals surface area contributed by atoms with E-state index >= 15 is 0 Å². The molecule has 0 saturated heterocycles. The lowest BCUT2D eigenvalue weighted by Crippen LogP contribution is -2.24. The number of benzene rings is 1. The van der Waals surface area contributed by atoms with Crippen LogP contribution in [0.5, 0.6) is 5.75 Å². The summed E-state index contributed by atoms with van der Waals surface area (Å²) in [5, 5.41) is 2.90. The third-order valence-electron chi connectivity index (χ3n) is 3.06. The molecule has 4 heteroatoms. The Labute approximate surface area is 118 Å². The quantitative estimate of drug-likeness (QED) is 0.906.